The van der Waals surface area contributed by atoms with Crippen LogP contribution in [0.3, 0.4) is 0 Å². The molecule has 1 unspecified atom stereocenters. The van der Waals surface area contributed by atoms with Gasteiger partial charge in [0.2, 0.25) is 0 Å². The van der Waals surface area contributed by atoms with Crippen molar-refractivity contribution >= 4 is 0 Å². The van der Waals surface area contributed by atoms with E-state index in [9.17, 15) is 0 Å². The topological polar surface area (TPSA) is 0 Å². The molecule has 0 radical (unpaired) electrons. The van der Waals surface area contributed by atoms with Gasteiger partial charge >= 0.3 is 0 Å². The summed E-state index contributed by atoms with van der Waals surface area (Å²) in [6, 6.07) is 0. The molecule has 0 saturated heterocycles. The fraction of sp³-hybridized carbons (Fsp3) is 0.875. The second-order valence-electron chi connectivity index (χ2n) is 5.32. The van der Waals surface area contributed by atoms with Crippen molar-refractivity contribution in [3.63, 3.8) is 0 Å². The van der Waals surface area contributed by atoms with Crippen molar-refractivity contribution in [3.05, 3.63) is 12.2 Å². The number of allylic oxidation sites excluding steroid dienone is 1. The first kappa shape index (κ1) is 15.7. The van der Waals surface area contributed by atoms with E-state index in [1.807, 2.05) is 0 Å². The molecule has 0 fully saturated rings. The molecule has 16 heavy (non-hydrogen) atoms. The Bertz CT molecular complexity index is 157. The van der Waals surface area contributed by atoms with Gasteiger partial charge in [0.25, 0.3) is 0 Å². The quantitative estimate of drug-likeness (QED) is 0.293. The van der Waals surface area contributed by atoms with E-state index in [2.05, 4.69) is 27.4 Å². The van der Waals surface area contributed by atoms with Gasteiger partial charge in [-0.05, 0) is 31.6 Å². The van der Waals surface area contributed by atoms with Crippen LogP contribution in [0.5, 0.6) is 0 Å². The maximum atomic E-state index is 4.20. The Kier molecular flexibility index (Phi) is 11.0. The third-order valence-electron chi connectivity index (χ3n) is 3.56. The Hall–Kier alpha value is -0.260. The molecule has 0 heteroatoms. The van der Waals surface area contributed by atoms with Crippen molar-refractivity contribution in [3.8, 4) is 0 Å². The molecule has 0 bridgehead atoms. The van der Waals surface area contributed by atoms with Gasteiger partial charge in [-0.15, -0.1) is 0 Å². The third kappa shape index (κ3) is 10.3. The van der Waals surface area contributed by atoms with Gasteiger partial charge in [-0.25, -0.2) is 0 Å². The molecule has 0 saturated carbocycles. The lowest BCUT2D eigenvalue weighted by Gasteiger charge is -2.09. The summed E-state index contributed by atoms with van der Waals surface area (Å²) in [6.45, 7) is 11.1. The molecular weight excluding hydrogens is 192 g/mol. The number of unbranched alkanes of at least 4 members (excludes halogenated alkanes) is 4. The summed E-state index contributed by atoms with van der Waals surface area (Å²) in [5, 5.41) is 0. The predicted octanol–water partition coefficient (Wildman–Crippen LogP) is 6.12. The molecule has 0 N–H and O–H groups in total. The van der Waals surface area contributed by atoms with Crippen LogP contribution in [-0.2, 0) is 0 Å². The highest BCUT2D eigenvalue weighted by Crippen LogP contribution is 2.18. The van der Waals surface area contributed by atoms with Crippen molar-refractivity contribution in [2.24, 2.45) is 5.92 Å². The van der Waals surface area contributed by atoms with Crippen LogP contribution >= 0.6 is 0 Å². The van der Waals surface area contributed by atoms with Crippen LogP contribution < -0.4 is 0 Å². The van der Waals surface area contributed by atoms with E-state index >= 15 is 0 Å². The Morgan fingerprint density at radius 2 is 1.56 bits per heavy atom. The van der Waals surface area contributed by atoms with E-state index in [-0.39, 0.29) is 0 Å². The Balaban J connectivity index is 3.24. The summed E-state index contributed by atoms with van der Waals surface area (Å²) in [5.74, 6) is 0.900. The fourth-order valence-electron chi connectivity index (χ4n) is 2.01. The number of hydrogen-bond acceptors (Lipinski definition) is 0. The van der Waals surface area contributed by atoms with Crippen molar-refractivity contribution in [2.75, 3.05) is 0 Å². The average Bonchev–Trinajstić information content (AvgIpc) is 2.28. The average molecular weight is 224 g/mol. The zero-order valence-electron chi connectivity index (χ0n) is 11.9. The Morgan fingerprint density at radius 1 is 0.938 bits per heavy atom. The molecule has 0 aromatic carbocycles. The highest BCUT2D eigenvalue weighted by Gasteiger charge is 2.00. The first-order valence-electron chi connectivity index (χ1n) is 7.37. The van der Waals surface area contributed by atoms with Crippen molar-refractivity contribution in [2.45, 2.75) is 85.0 Å². The van der Waals surface area contributed by atoms with E-state index in [4.69, 9.17) is 0 Å². The van der Waals surface area contributed by atoms with Crippen molar-refractivity contribution < 1.29 is 0 Å². The minimum absolute atomic E-state index is 0.900. The van der Waals surface area contributed by atoms with E-state index in [0.29, 0.717) is 0 Å². The summed E-state index contributed by atoms with van der Waals surface area (Å²) < 4.78 is 0. The maximum absolute atomic E-state index is 4.20. The lowest BCUT2D eigenvalue weighted by molar-refractivity contribution is 0.492. The molecule has 0 aliphatic heterocycles. The highest BCUT2D eigenvalue weighted by atomic mass is 14.1. The minimum Gasteiger partial charge on any atom is -0.0999 e. The molecule has 0 heterocycles. The van der Waals surface area contributed by atoms with E-state index in [1.54, 1.807) is 0 Å². The van der Waals surface area contributed by atoms with Crippen molar-refractivity contribution in [1.29, 1.82) is 0 Å². The van der Waals surface area contributed by atoms with Gasteiger partial charge in [-0.1, -0.05) is 71.4 Å². The second kappa shape index (κ2) is 11.2. The molecule has 0 aromatic rings. The zero-order chi connectivity index (χ0) is 12.2. The molecule has 0 nitrogen and oxygen atoms in total. The molecule has 0 rings (SSSR count). The first-order valence-corrected chi connectivity index (χ1v) is 7.37. The largest absolute Gasteiger partial charge is 0.0999 e. The van der Waals surface area contributed by atoms with E-state index in [0.717, 1.165) is 5.92 Å². The van der Waals surface area contributed by atoms with Crippen LogP contribution in [0.1, 0.15) is 85.0 Å². The third-order valence-corrected chi connectivity index (χ3v) is 3.56. The van der Waals surface area contributed by atoms with Gasteiger partial charge in [0.1, 0.15) is 0 Å². The Morgan fingerprint density at radius 3 is 2.19 bits per heavy atom. The number of rotatable bonds is 11. The lowest BCUT2D eigenvalue weighted by Crippen LogP contribution is -1.92. The summed E-state index contributed by atoms with van der Waals surface area (Å²) >= 11 is 0. The molecular formula is C16H32. The number of hydrogen-bond donors (Lipinski definition) is 0. The molecule has 0 aromatic heterocycles. The smallest absolute Gasteiger partial charge is 0.0323 e. The van der Waals surface area contributed by atoms with E-state index < -0.39 is 0 Å². The van der Waals surface area contributed by atoms with Crippen LogP contribution in [0.25, 0.3) is 0 Å². The standard InChI is InChI=1S/C16H32/c1-5-7-8-9-10-12-16(4)14-11-13-15(3)6-2/h15H,4-14H2,1-3H3. The van der Waals surface area contributed by atoms with Gasteiger partial charge < -0.3 is 0 Å². The van der Waals surface area contributed by atoms with Gasteiger partial charge in [0.05, 0.1) is 0 Å². The van der Waals surface area contributed by atoms with E-state index in [1.165, 1.54) is 69.8 Å². The summed E-state index contributed by atoms with van der Waals surface area (Å²) in [4.78, 5) is 0. The highest BCUT2D eigenvalue weighted by molar-refractivity contribution is 4.93. The zero-order valence-corrected chi connectivity index (χ0v) is 11.9. The Labute approximate surface area is 104 Å². The molecule has 96 valence electrons. The molecule has 1 atom stereocenters. The van der Waals surface area contributed by atoms with Gasteiger partial charge in [-0.2, -0.15) is 0 Å². The van der Waals surface area contributed by atoms with Crippen LogP contribution in [0.2, 0.25) is 0 Å². The molecule has 0 amide bonds. The monoisotopic (exact) mass is 224 g/mol. The summed E-state index contributed by atoms with van der Waals surface area (Å²) in [6.07, 6.45) is 13.5. The fourth-order valence-corrected chi connectivity index (χ4v) is 2.01. The second-order valence-corrected chi connectivity index (χ2v) is 5.32. The van der Waals surface area contributed by atoms with Gasteiger partial charge in [0.15, 0.2) is 0 Å². The van der Waals surface area contributed by atoms with Crippen LogP contribution in [-0.4, -0.2) is 0 Å². The van der Waals surface area contributed by atoms with Gasteiger partial charge in [0, 0.05) is 0 Å². The summed E-state index contributed by atoms with van der Waals surface area (Å²) in [7, 11) is 0. The van der Waals surface area contributed by atoms with Crippen LogP contribution in [0.4, 0.5) is 0 Å². The lowest BCUT2D eigenvalue weighted by atomic mass is 9.97. The maximum Gasteiger partial charge on any atom is -0.0323 e. The minimum atomic E-state index is 0.900. The molecule has 0 aliphatic carbocycles. The first-order chi connectivity index (χ1) is 7.70. The van der Waals surface area contributed by atoms with Crippen LogP contribution in [0, 0.1) is 5.92 Å². The predicted molar refractivity (Wildman–Crippen MR) is 75.8 cm³/mol. The van der Waals surface area contributed by atoms with Gasteiger partial charge in [-0.3, -0.25) is 0 Å². The SMILES string of the molecule is C=C(CCCCCCC)CCCC(C)CC. The van der Waals surface area contributed by atoms with Crippen molar-refractivity contribution in [1.82, 2.24) is 0 Å². The molecule has 0 aliphatic rings. The van der Waals surface area contributed by atoms with Crippen LogP contribution in [0.15, 0.2) is 12.2 Å². The molecule has 0 spiro atoms. The normalized spacial score (nSPS) is 12.7. The summed E-state index contributed by atoms with van der Waals surface area (Å²) in [5.41, 5.74) is 1.49.